The van der Waals surface area contributed by atoms with Gasteiger partial charge in [0, 0.05) is 5.69 Å². The number of benzene rings is 1. The molecule has 0 aliphatic heterocycles. The van der Waals surface area contributed by atoms with Crippen LogP contribution in [0.2, 0.25) is 0 Å². The number of hydrogen-bond acceptors (Lipinski definition) is 3. The molecule has 1 amide bonds. The van der Waals surface area contributed by atoms with E-state index in [2.05, 4.69) is 5.32 Å². The molecule has 0 atom stereocenters. The quantitative estimate of drug-likeness (QED) is 0.879. The Balaban J connectivity index is 1.81. The number of hydrogen-bond donors (Lipinski definition) is 2. The number of nitrogens with one attached hydrogen (secondary N) is 1. The van der Waals surface area contributed by atoms with Crippen LogP contribution in [-0.4, -0.2) is 18.2 Å². The first-order valence-corrected chi connectivity index (χ1v) is 6.87. The van der Waals surface area contributed by atoms with Crippen LogP contribution in [0.1, 0.15) is 37.7 Å². The van der Waals surface area contributed by atoms with Crippen molar-refractivity contribution < 1.29 is 9.53 Å². The molecule has 3 N–H and O–H groups in total. The number of carbonyl (C=O) groups is 1. The summed E-state index contributed by atoms with van der Waals surface area (Å²) in [7, 11) is 0. The third-order valence-electron chi connectivity index (χ3n) is 3.60. The van der Waals surface area contributed by atoms with Crippen LogP contribution in [0.25, 0.3) is 0 Å². The molecular formula is C15H22N2O2. The van der Waals surface area contributed by atoms with Crippen molar-refractivity contribution in [2.75, 3.05) is 11.9 Å². The first-order valence-electron chi connectivity index (χ1n) is 6.87. The van der Waals surface area contributed by atoms with Crippen LogP contribution < -0.4 is 11.1 Å². The summed E-state index contributed by atoms with van der Waals surface area (Å²) in [4.78, 5) is 11.7. The molecule has 0 radical (unpaired) electrons. The molecule has 1 aromatic carbocycles. The second-order valence-corrected chi connectivity index (χ2v) is 5.49. The monoisotopic (exact) mass is 262 g/mol. The van der Waals surface area contributed by atoms with Crippen molar-refractivity contribution in [1.82, 2.24) is 0 Å². The molecule has 0 saturated heterocycles. The largest absolute Gasteiger partial charge is 0.447 e. The Morgan fingerprint density at radius 3 is 2.79 bits per heavy atom. The second kappa shape index (κ2) is 6.06. The Hall–Kier alpha value is -1.55. The van der Waals surface area contributed by atoms with Gasteiger partial charge in [-0.25, -0.2) is 4.79 Å². The SMILES string of the molecule is Cc1cccc(NC(=O)OCC2(N)CCCCC2)c1. The highest BCUT2D eigenvalue weighted by Crippen LogP contribution is 2.26. The third kappa shape index (κ3) is 4.24. The molecule has 0 unspecified atom stereocenters. The van der Waals surface area contributed by atoms with Gasteiger partial charge in [-0.2, -0.15) is 0 Å². The molecule has 1 aliphatic carbocycles. The van der Waals surface area contributed by atoms with Gasteiger partial charge in [0.05, 0.1) is 5.54 Å². The first-order chi connectivity index (χ1) is 9.07. The number of anilines is 1. The van der Waals surface area contributed by atoms with Crippen molar-refractivity contribution in [3.8, 4) is 0 Å². The Kier molecular flexibility index (Phi) is 4.43. The lowest BCUT2D eigenvalue weighted by Crippen LogP contribution is -2.46. The van der Waals surface area contributed by atoms with Crippen molar-refractivity contribution in [2.45, 2.75) is 44.6 Å². The summed E-state index contributed by atoms with van der Waals surface area (Å²) < 4.78 is 5.25. The average molecular weight is 262 g/mol. The van der Waals surface area contributed by atoms with Crippen LogP contribution in [0.15, 0.2) is 24.3 Å². The van der Waals surface area contributed by atoms with Gasteiger partial charge in [-0.1, -0.05) is 31.4 Å². The zero-order valence-corrected chi connectivity index (χ0v) is 11.4. The van der Waals surface area contributed by atoms with Gasteiger partial charge in [0.25, 0.3) is 0 Å². The van der Waals surface area contributed by atoms with Crippen molar-refractivity contribution in [1.29, 1.82) is 0 Å². The zero-order valence-electron chi connectivity index (χ0n) is 11.4. The molecule has 1 aliphatic rings. The van der Waals surface area contributed by atoms with E-state index in [9.17, 15) is 4.79 Å². The molecule has 19 heavy (non-hydrogen) atoms. The maximum Gasteiger partial charge on any atom is 0.411 e. The van der Waals surface area contributed by atoms with Gasteiger partial charge >= 0.3 is 6.09 Å². The van der Waals surface area contributed by atoms with E-state index in [-0.39, 0.29) is 5.54 Å². The molecule has 0 heterocycles. The molecule has 4 nitrogen and oxygen atoms in total. The molecular weight excluding hydrogens is 240 g/mol. The van der Waals surface area contributed by atoms with Crippen LogP contribution in [-0.2, 0) is 4.74 Å². The summed E-state index contributed by atoms with van der Waals surface area (Å²) >= 11 is 0. The molecule has 1 aromatic rings. The average Bonchev–Trinajstić information content (AvgIpc) is 2.38. The molecule has 1 fully saturated rings. The summed E-state index contributed by atoms with van der Waals surface area (Å²) in [6, 6.07) is 7.62. The molecule has 0 spiro atoms. The maximum atomic E-state index is 11.7. The lowest BCUT2D eigenvalue weighted by Gasteiger charge is -2.32. The Morgan fingerprint density at radius 2 is 2.11 bits per heavy atom. The van der Waals surface area contributed by atoms with Crippen LogP contribution in [0.5, 0.6) is 0 Å². The van der Waals surface area contributed by atoms with Gasteiger partial charge in [-0.3, -0.25) is 5.32 Å². The number of ether oxygens (including phenoxy) is 1. The van der Waals surface area contributed by atoms with Gasteiger partial charge in [0.1, 0.15) is 6.61 Å². The van der Waals surface area contributed by atoms with E-state index in [4.69, 9.17) is 10.5 Å². The van der Waals surface area contributed by atoms with Gasteiger partial charge in [0.15, 0.2) is 0 Å². The van der Waals surface area contributed by atoms with Crippen molar-refractivity contribution in [3.05, 3.63) is 29.8 Å². The molecule has 0 aromatic heterocycles. The van der Waals surface area contributed by atoms with Crippen molar-refractivity contribution >= 4 is 11.8 Å². The fourth-order valence-electron chi connectivity index (χ4n) is 2.49. The topological polar surface area (TPSA) is 64.3 Å². The van der Waals surface area contributed by atoms with Crippen molar-refractivity contribution in [3.63, 3.8) is 0 Å². The van der Waals surface area contributed by atoms with E-state index in [1.165, 1.54) is 6.42 Å². The van der Waals surface area contributed by atoms with Gasteiger partial charge in [0.2, 0.25) is 0 Å². The molecule has 0 bridgehead atoms. The highest BCUT2D eigenvalue weighted by atomic mass is 16.5. The Labute approximate surface area is 114 Å². The summed E-state index contributed by atoms with van der Waals surface area (Å²) in [6.45, 7) is 2.28. The first kappa shape index (κ1) is 13.9. The fourth-order valence-corrected chi connectivity index (χ4v) is 2.49. The van der Waals surface area contributed by atoms with Crippen LogP contribution in [0, 0.1) is 6.92 Å². The van der Waals surface area contributed by atoms with E-state index in [0.29, 0.717) is 6.61 Å². The minimum Gasteiger partial charge on any atom is -0.447 e. The van der Waals surface area contributed by atoms with Crippen LogP contribution in [0.4, 0.5) is 10.5 Å². The van der Waals surface area contributed by atoms with Gasteiger partial charge in [-0.05, 0) is 37.5 Å². The smallest absolute Gasteiger partial charge is 0.411 e. The maximum absolute atomic E-state index is 11.7. The van der Waals surface area contributed by atoms with Crippen molar-refractivity contribution in [2.24, 2.45) is 5.73 Å². The minimum atomic E-state index is -0.430. The fraction of sp³-hybridized carbons (Fsp3) is 0.533. The Bertz CT molecular complexity index is 440. The lowest BCUT2D eigenvalue weighted by molar-refractivity contribution is 0.112. The molecule has 1 saturated carbocycles. The minimum absolute atomic E-state index is 0.296. The second-order valence-electron chi connectivity index (χ2n) is 5.49. The summed E-state index contributed by atoms with van der Waals surface area (Å²) in [5.41, 5.74) is 7.74. The number of nitrogens with two attached hydrogens (primary N) is 1. The van der Waals surface area contributed by atoms with Gasteiger partial charge < -0.3 is 10.5 Å². The standard InChI is InChI=1S/C15H22N2O2/c1-12-6-5-7-13(10-12)17-14(18)19-11-15(16)8-3-2-4-9-15/h5-7,10H,2-4,8-9,11,16H2,1H3,(H,17,18). The molecule has 4 heteroatoms. The molecule has 104 valence electrons. The van der Waals surface area contributed by atoms with Crippen LogP contribution >= 0.6 is 0 Å². The summed E-state index contributed by atoms with van der Waals surface area (Å²) in [5.74, 6) is 0. The van der Waals surface area contributed by atoms with E-state index in [1.807, 2.05) is 31.2 Å². The third-order valence-corrected chi connectivity index (χ3v) is 3.60. The summed E-state index contributed by atoms with van der Waals surface area (Å²) in [5, 5.41) is 2.72. The number of carbonyl (C=O) groups excluding carboxylic acids is 1. The number of aryl methyl sites for hydroxylation is 1. The summed E-state index contributed by atoms with van der Waals surface area (Å²) in [6.07, 6.45) is 4.92. The van der Waals surface area contributed by atoms with E-state index in [1.54, 1.807) is 0 Å². The predicted molar refractivity (Wildman–Crippen MR) is 76.2 cm³/mol. The van der Waals surface area contributed by atoms with E-state index >= 15 is 0 Å². The van der Waals surface area contributed by atoms with E-state index in [0.717, 1.165) is 36.9 Å². The van der Waals surface area contributed by atoms with Crippen LogP contribution in [0.3, 0.4) is 0 Å². The number of rotatable bonds is 3. The highest BCUT2D eigenvalue weighted by Gasteiger charge is 2.28. The molecule has 2 rings (SSSR count). The highest BCUT2D eigenvalue weighted by molar-refractivity contribution is 5.84. The van der Waals surface area contributed by atoms with Gasteiger partial charge in [-0.15, -0.1) is 0 Å². The lowest BCUT2D eigenvalue weighted by atomic mass is 9.83. The predicted octanol–water partition coefficient (Wildman–Crippen LogP) is 3.21. The Morgan fingerprint density at radius 1 is 1.37 bits per heavy atom. The van der Waals surface area contributed by atoms with E-state index < -0.39 is 6.09 Å². The zero-order chi connectivity index (χ0) is 13.7. The number of amides is 1. The normalized spacial score (nSPS) is 17.8.